The molecule has 1 aromatic rings. The van der Waals surface area contributed by atoms with Crippen molar-refractivity contribution >= 4 is 21.9 Å². The molecule has 1 aliphatic rings. The van der Waals surface area contributed by atoms with Crippen molar-refractivity contribution < 1.29 is 9.53 Å². The number of halogens is 1. The van der Waals surface area contributed by atoms with Crippen molar-refractivity contribution in [3.05, 3.63) is 46.0 Å². The molecule has 0 amide bonds. The summed E-state index contributed by atoms with van der Waals surface area (Å²) >= 11 is 3.25. The predicted molar refractivity (Wildman–Crippen MR) is 61.4 cm³/mol. The second kappa shape index (κ2) is 4.62. The van der Waals surface area contributed by atoms with E-state index in [1.807, 2.05) is 30.3 Å². The predicted octanol–water partition coefficient (Wildman–Crippen LogP) is 3.17. The summed E-state index contributed by atoms with van der Waals surface area (Å²) in [5.41, 5.74) is 2.17. The minimum atomic E-state index is -0.258. The Bertz CT molecular complexity index is 389. The zero-order valence-electron chi connectivity index (χ0n) is 8.20. The van der Waals surface area contributed by atoms with E-state index in [4.69, 9.17) is 4.74 Å². The number of ether oxygens (including phenoxy) is 1. The molecular weight excluding hydrogens is 256 g/mol. The molecule has 0 unspecified atom stereocenters. The van der Waals surface area contributed by atoms with Gasteiger partial charge >= 0.3 is 5.97 Å². The van der Waals surface area contributed by atoms with Crippen LogP contribution in [0.25, 0.3) is 0 Å². The van der Waals surface area contributed by atoms with E-state index >= 15 is 0 Å². The van der Waals surface area contributed by atoms with Gasteiger partial charge in [-0.3, -0.25) is 0 Å². The molecule has 1 saturated carbocycles. The molecule has 0 atom stereocenters. The highest BCUT2D eigenvalue weighted by Gasteiger charge is 2.21. The minimum absolute atomic E-state index is 0.258. The molecule has 1 fully saturated rings. The van der Waals surface area contributed by atoms with Crippen LogP contribution in [0.1, 0.15) is 18.4 Å². The van der Waals surface area contributed by atoms with Gasteiger partial charge in [-0.1, -0.05) is 30.3 Å². The Morgan fingerprint density at radius 1 is 1.27 bits per heavy atom. The van der Waals surface area contributed by atoms with E-state index in [0.717, 1.165) is 24.0 Å². The van der Waals surface area contributed by atoms with Crippen LogP contribution in [0.15, 0.2) is 40.4 Å². The topological polar surface area (TPSA) is 26.3 Å². The van der Waals surface area contributed by atoms with E-state index in [1.165, 1.54) is 0 Å². The summed E-state index contributed by atoms with van der Waals surface area (Å²) in [5, 5.41) is 0. The molecule has 15 heavy (non-hydrogen) atoms. The van der Waals surface area contributed by atoms with Crippen molar-refractivity contribution in [3.63, 3.8) is 0 Å². The molecule has 0 bridgehead atoms. The van der Waals surface area contributed by atoms with Gasteiger partial charge in [-0.2, -0.15) is 0 Å². The van der Waals surface area contributed by atoms with Crippen LogP contribution in [-0.4, -0.2) is 5.97 Å². The first-order chi connectivity index (χ1) is 7.27. The van der Waals surface area contributed by atoms with Crippen LogP contribution in [0.4, 0.5) is 0 Å². The van der Waals surface area contributed by atoms with Crippen LogP contribution in [0, 0.1) is 0 Å². The monoisotopic (exact) mass is 266 g/mol. The van der Waals surface area contributed by atoms with E-state index in [-0.39, 0.29) is 5.97 Å². The highest BCUT2D eigenvalue weighted by atomic mass is 79.9. The van der Waals surface area contributed by atoms with Crippen LogP contribution < -0.4 is 0 Å². The Morgan fingerprint density at radius 3 is 2.53 bits per heavy atom. The lowest BCUT2D eigenvalue weighted by atomic mass is 10.2. The number of rotatable bonds is 3. The molecule has 0 radical (unpaired) electrons. The van der Waals surface area contributed by atoms with Crippen LogP contribution >= 0.6 is 15.9 Å². The maximum Gasteiger partial charge on any atom is 0.345 e. The number of esters is 1. The molecule has 1 aliphatic carbocycles. The third-order valence-corrected chi connectivity index (χ3v) is 3.09. The largest absolute Gasteiger partial charge is 0.457 e. The van der Waals surface area contributed by atoms with Crippen molar-refractivity contribution in [2.45, 2.75) is 19.4 Å². The Hall–Kier alpha value is -1.09. The molecule has 2 nitrogen and oxygen atoms in total. The third-order valence-electron chi connectivity index (χ3n) is 2.20. The molecule has 0 aliphatic heterocycles. The third kappa shape index (κ3) is 2.93. The zero-order valence-corrected chi connectivity index (χ0v) is 9.79. The second-order valence-corrected chi connectivity index (χ2v) is 4.27. The zero-order chi connectivity index (χ0) is 10.7. The van der Waals surface area contributed by atoms with Crippen molar-refractivity contribution in [1.82, 2.24) is 0 Å². The van der Waals surface area contributed by atoms with Gasteiger partial charge in [0.2, 0.25) is 0 Å². The number of carbonyl (C=O) groups excluding carboxylic acids is 1. The first kappa shape index (κ1) is 10.4. The van der Waals surface area contributed by atoms with Crippen LogP contribution in [-0.2, 0) is 16.1 Å². The summed E-state index contributed by atoms with van der Waals surface area (Å²) in [4.78, 5) is 11.5. The molecule has 78 valence electrons. The molecule has 0 spiro atoms. The smallest absolute Gasteiger partial charge is 0.345 e. The average molecular weight is 267 g/mol. The molecule has 2 rings (SSSR count). The average Bonchev–Trinajstić information content (AvgIpc) is 3.10. The van der Waals surface area contributed by atoms with Gasteiger partial charge in [0.25, 0.3) is 0 Å². The number of benzene rings is 1. The Balaban J connectivity index is 1.89. The van der Waals surface area contributed by atoms with Gasteiger partial charge in [0.1, 0.15) is 11.1 Å². The quantitative estimate of drug-likeness (QED) is 0.621. The van der Waals surface area contributed by atoms with E-state index < -0.39 is 0 Å². The number of hydrogen-bond donors (Lipinski definition) is 0. The summed E-state index contributed by atoms with van der Waals surface area (Å²) < 4.78 is 5.76. The Morgan fingerprint density at radius 2 is 1.93 bits per heavy atom. The van der Waals surface area contributed by atoms with Crippen molar-refractivity contribution in [2.24, 2.45) is 0 Å². The van der Waals surface area contributed by atoms with E-state index in [0.29, 0.717) is 11.1 Å². The van der Waals surface area contributed by atoms with Gasteiger partial charge in [0.05, 0.1) is 0 Å². The summed E-state index contributed by atoms with van der Waals surface area (Å²) in [6.07, 6.45) is 2.03. The van der Waals surface area contributed by atoms with Crippen molar-refractivity contribution in [2.75, 3.05) is 0 Å². The minimum Gasteiger partial charge on any atom is -0.457 e. The van der Waals surface area contributed by atoms with E-state index in [2.05, 4.69) is 15.9 Å². The lowest BCUT2D eigenvalue weighted by Crippen LogP contribution is -2.04. The number of hydrogen-bond acceptors (Lipinski definition) is 2. The van der Waals surface area contributed by atoms with Gasteiger partial charge in [-0.15, -0.1) is 0 Å². The molecule has 1 aromatic carbocycles. The van der Waals surface area contributed by atoms with E-state index in [1.54, 1.807) is 0 Å². The summed E-state index contributed by atoms with van der Waals surface area (Å²) in [5.74, 6) is -0.258. The highest BCUT2D eigenvalue weighted by molar-refractivity contribution is 9.12. The first-order valence-corrected chi connectivity index (χ1v) is 5.65. The molecule has 0 aromatic heterocycles. The maximum atomic E-state index is 11.5. The fourth-order valence-electron chi connectivity index (χ4n) is 1.21. The van der Waals surface area contributed by atoms with Gasteiger partial charge in [0, 0.05) is 0 Å². The van der Waals surface area contributed by atoms with Crippen molar-refractivity contribution in [3.8, 4) is 0 Å². The molecule has 0 saturated heterocycles. The summed E-state index contributed by atoms with van der Waals surface area (Å²) in [6, 6.07) is 9.67. The highest BCUT2D eigenvalue weighted by Crippen LogP contribution is 2.34. The van der Waals surface area contributed by atoms with Crippen LogP contribution in [0.2, 0.25) is 0 Å². The maximum absolute atomic E-state index is 11.5. The fraction of sp³-hybridized carbons (Fsp3) is 0.250. The van der Waals surface area contributed by atoms with Gasteiger partial charge < -0.3 is 4.74 Å². The van der Waals surface area contributed by atoms with Gasteiger partial charge in [0.15, 0.2) is 0 Å². The SMILES string of the molecule is O=C(OCc1ccccc1)C(Br)=C1CC1. The first-order valence-electron chi connectivity index (χ1n) is 4.86. The van der Waals surface area contributed by atoms with Crippen LogP contribution in [0.3, 0.4) is 0 Å². The molecule has 3 heteroatoms. The number of allylic oxidation sites excluding steroid dienone is 1. The Kier molecular flexibility index (Phi) is 3.21. The van der Waals surface area contributed by atoms with Gasteiger partial charge in [-0.25, -0.2) is 4.79 Å². The summed E-state index contributed by atoms with van der Waals surface area (Å²) in [7, 11) is 0. The Labute approximate surface area is 97.1 Å². The lowest BCUT2D eigenvalue weighted by molar-refractivity contribution is -0.139. The normalized spacial score (nSPS) is 13.5. The van der Waals surface area contributed by atoms with Crippen molar-refractivity contribution in [1.29, 1.82) is 0 Å². The molecular formula is C12H11BrO2. The van der Waals surface area contributed by atoms with E-state index in [9.17, 15) is 4.79 Å². The standard InChI is InChI=1S/C12H11BrO2/c13-11(10-6-7-10)12(14)15-8-9-4-2-1-3-5-9/h1-5H,6-8H2. The lowest BCUT2D eigenvalue weighted by Gasteiger charge is -2.03. The second-order valence-electron chi connectivity index (χ2n) is 3.48. The van der Waals surface area contributed by atoms with Crippen LogP contribution in [0.5, 0.6) is 0 Å². The van der Waals surface area contributed by atoms with Gasteiger partial charge in [-0.05, 0) is 39.9 Å². The molecule has 0 N–H and O–H groups in total. The fourth-order valence-corrected chi connectivity index (χ4v) is 1.72. The number of carbonyl (C=O) groups is 1. The summed E-state index contributed by atoms with van der Waals surface area (Å²) in [6.45, 7) is 0.335. The molecule has 0 heterocycles.